The van der Waals surface area contributed by atoms with Crippen molar-refractivity contribution in [3.8, 4) is 0 Å². The molecule has 0 radical (unpaired) electrons. The summed E-state index contributed by atoms with van der Waals surface area (Å²) in [6, 6.07) is 8.22. The summed E-state index contributed by atoms with van der Waals surface area (Å²) < 4.78 is 20.1. The number of nitrogens with one attached hydrogen (secondary N) is 1. The second-order valence-electron chi connectivity index (χ2n) is 7.41. The van der Waals surface area contributed by atoms with Crippen LogP contribution in [0.2, 0.25) is 0 Å². The largest absolute Gasteiger partial charge is 0.459 e. The summed E-state index contributed by atoms with van der Waals surface area (Å²) in [5, 5.41) is 7.85. The van der Waals surface area contributed by atoms with Crippen LogP contribution in [-0.4, -0.2) is 52.0 Å². The number of esters is 2. The van der Waals surface area contributed by atoms with Gasteiger partial charge in [-0.15, -0.1) is 0 Å². The van der Waals surface area contributed by atoms with E-state index in [1.807, 2.05) is 0 Å². The van der Waals surface area contributed by atoms with Gasteiger partial charge in [0.1, 0.15) is 11.9 Å². The van der Waals surface area contributed by atoms with Crippen LogP contribution < -0.4 is 0 Å². The minimum atomic E-state index is -2.15. The molecule has 11 heteroatoms. The molecule has 1 aliphatic rings. The first-order valence-electron chi connectivity index (χ1n) is 9.83. The number of carbonyl (C=O) groups excluding carboxylic acids is 3. The van der Waals surface area contributed by atoms with E-state index in [0.717, 1.165) is 0 Å². The third kappa shape index (κ3) is 7.33. The Balaban J connectivity index is 2.23. The Kier molecular flexibility index (Phi) is 9.33. The zero-order chi connectivity index (χ0) is 24.1. The van der Waals surface area contributed by atoms with Gasteiger partial charge in [-0.05, 0) is 26.0 Å². The lowest BCUT2D eigenvalue weighted by Gasteiger charge is -2.43. The summed E-state index contributed by atoms with van der Waals surface area (Å²) in [5.74, 6) is -2.73. The van der Waals surface area contributed by atoms with Crippen molar-refractivity contribution >= 4 is 58.4 Å². The molecule has 0 amide bonds. The van der Waals surface area contributed by atoms with Crippen LogP contribution in [0.25, 0.3) is 0 Å². The fourth-order valence-corrected chi connectivity index (χ4v) is 3.26. The van der Waals surface area contributed by atoms with Crippen molar-refractivity contribution in [1.29, 1.82) is 5.41 Å². The number of benzene rings is 1. The molecule has 32 heavy (non-hydrogen) atoms. The van der Waals surface area contributed by atoms with E-state index in [0.29, 0.717) is 0 Å². The molecule has 1 aromatic rings. The molecular formula is C21H24Cl3NO7. The normalized spacial score (nSPS) is 25.5. The first kappa shape index (κ1) is 26.4. The Morgan fingerprint density at radius 3 is 2.19 bits per heavy atom. The standard InChI is InChI=1S/C21H24Cl3NO7/c1-11(26)9-10-15(27)30-16-12(2)17(31-18(28)14-7-5-4-6-8-14)19(29-13(16)3)32-20(25)21(22,23)24/h4-8,12-13,16-17,19,25H,9-10H2,1-3H3/t12-,13?,16+,17?,19-/m0/s1. The van der Waals surface area contributed by atoms with Gasteiger partial charge in [-0.1, -0.05) is 59.9 Å². The predicted molar refractivity (Wildman–Crippen MR) is 118 cm³/mol. The van der Waals surface area contributed by atoms with Crippen molar-refractivity contribution in [3.05, 3.63) is 35.9 Å². The van der Waals surface area contributed by atoms with Gasteiger partial charge in [-0.2, -0.15) is 0 Å². The van der Waals surface area contributed by atoms with E-state index in [9.17, 15) is 14.4 Å². The number of Topliss-reactive ketones (excluding diaryl/α,β-unsaturated/α-hetero) is 1. The van der Waals surface area contributed by atoms with Crippen LogP contribution in [0.15, 0.2) is 30.3 Å². The molecule has 0 bridgehead atoms. The van der Waals surface area contributed by atoms with Gasteiger partial charge in [0.25, 0.3) is 3.79 Å². The minimum absolute atomic E-state index is 0.0493. The molecular weight excluding hydrogens is 485 g/mol. The van der Waals surface area contributed by atoms with Crippen molar-refractivity contribution < 1.29 is 33.3 Å². The maximum atomic E-state index is 12.7. The molecule has 2 unspecified atom stereocenters. The van der Waals surface area contributed by atoms with Gasteiger partial charge >= 0.3 is 11.9 Å². The van der Waals surface area contributed by atoms with E-state index in [1.54, 1.807) is 44.2 Å². The molecule has 1 fully saturated rings. The number of halogens is 3. The molecule has 1 N–H and O–H groups in total. The highest BCUT2D eigenvalue weighted by molar-refractivity contribution is 6.76. The highest BCUT2D eigenvalue weighted by Crippen LogP contribution is 2.35. The summed E-state index contributed by atoms with van der Waals surface area (Å²) in [4.78, 5) is 36.0. The van der Waals surface area contributed by atoms with Gasteiger partial charge in [-0.3, -0.25) is 10.2 Å². The molecule has 176 valence electrons. The summed E-state index contributed by atoms with van der Waals surface area (Å²) in [6.45, 7) is 4.69. The van der Waals surface area contributed by atoms with Crippen LogP contribution in [0.3, 0.4) is 0 Å². The average molecular weight is 509 g/mol. The van der Waals surface area contributed by atoms with E-state index in [4.69, 9.17) is 59.2 Å². The Labute approximate surface area is 200 Å². The number of hydrogen-bond donors (Lipinski definition) is 1. The summed E-state index contributed by atoms with van der Waals surface area (Å²) in [6.07, 6.45) is -3.94. The quantitative estimate of drug-likeness (QED) is 0.254. The number of carbonyl (C=O) groups is 3. The van der Waals surface area contributed by atoms with Gasteiger partial charge in [0.05, 0.1) is 18.1 Å². The van der Waals surface area contributed by atoms with Gasteiger partial charge < -0.3 is 23.7 Å². The number of alkyl halides is 3. The van der Waals surface area contributed by atoms with Gasteiger partial charge in [0.15, 0.2) is 6.10 Å². The predicted octanol–water partition coefficient (Wildman–Crippen LogP) is 4.24. The fraction of sp³-hybridized carbons (Fsp3) is 0.524. The Morgan fingerprint density at radius 1 is 1.00 bits per heavy atom. The van der Waals surface area contributed by atoms with Crippen molar-refractivity contribution in [2.24, 2.45) is 5.92 Å². The molecule has 1 heterocycles. The highest BCUT2D eigenvalue weighted by Gasteiger charge is 2.49. The molecule has 0 saturated carbocycles. The Bertz CT molecular complexity index is 844. The SMILES string of the molecule is CC(=O)CCC(=O)O[C@H]1C(C)O[C@@H](OC(=N)C(Cl)(Cl)Cl)C(OC(=O)c2ccccc2)[C@H]1C. The van der Waals surface area contributed by atoms with Crippen molar-refractivity contribution in [2.45, 2.75) is 62.0 Å². The van der Waals surface area contributed by atoms with Gasteiger partial charge in [0, 0.05) is 12.3 Å². The second kappa shape index (κ2) is 11.3. The molecule has 2 rings (SSSR count). The first-order valence-corrected chi connectivity index (χ1v) is 11.0. The average Bonchev–Trinajstić information content (AvgIpc) is 2.72. The van der Waals surface area contributed by atoms with Crippen LogP contribution >= 0.6 is 34.8 Å². The zero-order valence-corrected chi connectivity index (χ0v) is 19.9. The van der Waals surface area contributed by atoms with Crippen molar-refractivity contribution in [2.75, 3.05) is 0 Å². The molecule has 0 aromatic heterocycles. The van der Waals surface area contributed by atoms with Gasteiger partial charge in [-0.25, -0.2) is 4.79 Å². The Hall–Kier alpha value is -1.87. The van der Waals surface area contributed by atoms with Crippen molar-refractivity contribution in [1.82, 2.24) is 0 Å². The molecule has 1 saturated heterocycles. The smallest absolute Gasteiger partial charge is 0.338 e. The summed E-state index contributed by atoms with van der Waals surface area (Å²) >= 11 is 17.1. The van der Waals surface area contributed by atoms with E-state index >= 15 is 0 Å². The monoisotopic (exact) mass is 507 g/mol. The number of rotatable bonds is 7. The van der Waals surface area contributed by atoms with E-state index in [1.165, 1.54) is 6.92 Å². The second-order valence-corrected chi connectivity index (χ2v) is 9.69. The lowest BCUT2D eigenvalue weighted by Crippen LogP contribution is -2.56. The molecule has 1 aromatic carbocycles. The Morgan fingerprint density at radius 2 is 1.62 bits per heavy atom. The van der Waals surface area contributed by atoms with Crippen LogP contribution in [0.1, 0.15) is 44.0 Å². The van der Waals surface area contributed by atoms with Crippen LogP contribution in [0.4, 0.5) is 0 Å². The minimum Gasteiger partial charge on any atom is -0.459 e. The van der Waals surface area contributed by atoms with Crippen LogP contribution in [-0.2, 0) is 28.5 Å². The summed E-state index contributed by atoms with van der Waals surface area (Å²) in [7, 11) is 0. The topological polar surface area (TPSA) is 112 Å². The van der Waals surface area contributed by atoms with E-state index in [2.05, 4.69) is 0 Å². The van der Waals surface area contributed by atoms with Crippen molar-refractivity contribution in [3.63, 3.8) is 0 Å². The highest BCUT2D eigenvalue weighted by atomic mass is 35.6. The van der Waals surface area contributed by atoms with E-state index < -0.39 is 52.1 Å². The number of ketones is 1. The molecule has 5 atom stereocenters. The maximum absolute atomic E-state index is 12.7. The fourth-order valence-electron chi connectivity index (χ4n) is 3.13. The third-order valence-corrected chi connectivity index (χ3v) is 5.32. The molecule has 1 aliphatic heterocycles. The number of ether oxygens (including phenoxy) is 4. The number of hydrogen-bond acceptors (Lipinski definition) is 8. The van der Waals surface area contributed by atoms with Gasteiger partial charge in [0.2, 0.25) is 12.2 Å². The molecule has 0 spiro atoms. The maximum Gasteiger partial charge on any atom is 0.338 e. The lowest BCUT2D eigenvalue weighted by molar-refractivity contribution is -0.260. The third-order valence-electron chi connectivity index (χ3n) is 4.81. The van der Waals surface area contributed by atoms with E-state index in [-0.39, 0.29) is 24.2 Å². The molecule has 0 aliphatic carbocycles. The van der Waals surface area contributed by atoms with Crippen LogP contribution in [0.5, 0.6) is 0 Å². The molecule has 8 nitrogen and oxygen atoms in total. The zero-order valence-electron chi connectivity index (χ0n) is 17.7. The summed E-state index contributed by atoms with van der Waals surface area (Å²) in [5.41, 5.74) is 0.281. The lowest BCUT2D eigenvalue weighted by atomic mass is 9.90. The first-order chi connectivity index (χ1) is 14.9. The van der Waals surface area contributed by atoms with Crippen LogP contribution in [0, 0.1) is 11.3 Å².